The summed E-state index contributed by atoms with van der Waals surface area (Å²) in [7, 11) is 1.76. The van der Waals surface area contributed by atoms with Crippen molar-refractivity contribution in [1.29, 1.82) is 0 Å². The third kappa shape index (κ3) is 3.43. The first-order chi connectivity index (χ1) is 9.76. The average molecular weight is 296 g/mol. The SMILES string of the molecule is COCC1CCN(c2ncc(CNC3CC3)cc2Cl)C1. The van der Waals surface area contributed by atoms with Gasteiger partial charge in [-0.05, 0) is 30.9 Å². The van der Waals surface area contributed by atoms with Crippen LogP contribution in [0.1, 0.15) is 24.8 Å². The minimum absolute atomic E-state index is 0.592. The van der Waals surface area contributed by atoms with Crippen LogP contribution in [0.2, 0.25) is 5.02 Å². The first kappa shape index (κ1) is 14.1. The average Bonchev–Trinajstić information content (AvgIpc) is 3.16. The number of methoxy groups -OCH3 is 1. The van der Waals surface area contributed by atoms with E-state index < -0.39 is 0 Å². The number of hydrogen-bond acceptors (Lipinski definition) is 4. The Labute approximate surface area is 125 Å². The summed E-state index contributed by atoms with van der Waals surface area (Å²) in [4.78, 5) is 6.83. The predicted octanol–water partition coefficient (Wildman–Crippen LogP) is 2.46. The maximum atomic E-state index is 6.40. The van der Waals surface area contributed by atoms with Crippen LogP contribution in [-0.4, -0.2) is 37.8 Å². The highest BCUT2D eigenvalue weighted by Gasteiger charge is 2.25. The largest absolute Gasteiger partial charge is 0.384 e. The van der Waals surface area contributed by atoms with Gasteiger partial charge in [-0.2, -0.15) is 0 Å². The van der Waals surface area contributed by atoms with E-state index in [4.69, 9.17) is 16.3 Å². The summed E-state index contributed by atoms with van der Waals surface area (Å²) in [5, 5.41) is 4.25. The number of nitrogens with one attached hydrogen (secondary N) is 1. The molecule has 0 bridgehead atoms. The molecule has 2 aliphatic rings. The summed E-state index contributed by atoms with van der Waals surface area (Å²) in [5.74, 6) is 1.51. The highest BCUT2D eigenvalue weighted by molar-refractivity contribution is 6.33. The lowest BCUT2D eigenvalue weighted by molar-refractivity contribution is 0.161. The zero-order valence-electron chi connectivity index (χ0n) is 11.9. The van der Waals surface area contributed by atoms with E-state index in [0.717, 1.165) is 43.5 Å². The van der Waals surface area contributed by atoms with E-state index in [-0.39, 0.29) is 0 Å². The highest BCUT2D eigenvalue weighted by atomic mass is 35.5. The van der Waals surface area contributed by atoms with Gasteiger partial charge in [0.25, 0.3) is 0 Å². The Balaban J connectivity index is 1.61. The summed E-state index contributed by atoms with van der Waals surface area (Å²) >= 11 is 6.40. The summed E-state index contributed by atoms with van der Waals surface area (Å²) in [6.07, 6.45) is 5.69. The van der Waals surface area contributed by atoms with Crippen molar-refractivity contribution in [3.8, 4) is 0 Å². The lowest BCUT2D eigenvalue weighted by atomic mass is 10.1. The third-order valence-electron chi connectivity index (χ3n) is 4.04. The van der Waals surface area contributed by atoms with Crippen molar-refractivity contribution in [2.24, 2.45) is 5.92 Å². The van der Waals surface area contributed by atoms with E-state index >= 15 is 0 Å². The number of aromatic nitrogens is 1. The van der Waals surface area contributed by atoms with Crippen molar-refractivity contribution in [3.05, 3.63) is 22.8 Å². The molecule has 1 unspecified atom stereocenters. The molecule has 110 valence electrons. The lowest BCUT2D eigenvalue weighted by Crippen LogP contribution is -2.22. The topological polar surface area (TPSA) is 37.4 Å². The molecule has 1 aliphatic carbocycles. The Morgan fingerprint density at radius 2 is 2.30 bits per heavy atom. The molecule has 1 atom stereocenters. The van der Waals surface area contributed by atoms with Gasteiger partial charge in [-0.1, -0.05) is 11.6 Å². The number of nitrogens with zero attached hydrogens (tertiary/aromatic N) is 2. The molecule has 4 nitrogen and oxygen atoms in total. The summed E-state index contributed by atoms with van der Waals surface area (Å²) in [5.41, 5.74) is 1.17. The smallest absolute Gasteiger partial charge is 0.147 e. The van der Waals surface area contributed by atoms with Crippen LogP contribution in [0.4, 0.5) is 5.82 Å². The zero-order chi connectivity index (χ0) is 13.9. The van der Waals surface area contributed by atoms with Crippen LogP contribution in [0.5, 0.6) is 0 Å². The molecule has 1 aromatic heterocycles. The number of pyridine rings is 1. The van der Waals surface area contributed by atoms with Gasteiger partial charge in [0.2, 0.25) is 0 Å². The monoisotopic (exact) mass is 295 g/mol. The fourth-order valence-electron chi connectivity index (χ4n) is 2.75. The Kier molecular flexibility index (Phi) is 4.44. The van der Waals surface area contributed by atoms with E-state index in [2.05, 4.69) is 15.2 Å². The Bertz CT molecular complexity index is 464. The molecule has 0 radical (unpaired) electrons. The van der Waals surface area contributed by atoms with Crippen LogP contribution in [0.3, 0.4) is 0 Å². The van der Waals surface area contributed by atoms with Gasteiger partial charge in [-0.25, -0.2) is 4.98 Å². The molecule has 3 rings (SSSR count). The van der Waals surface area contributed by atoms with Crippen molar-refractivity contribution in [3.63, 3.8) is 0 Å². The molecule has 1 saturated heterocycles. The van der Waals surface area contributed by atoms with Gasteiger partial charge in [-0.15, -0.1) is 0 Å². The summed E-state index contributed by atoms with van der Waals surface area (Å²) in [6.45, 7) is 3.68. The van der Waals surface area contributed by atoms with Gasteiger partial charge in [0.1, 0.15) is 5.82 Å². The van der Waals surface area contributed by atoms with Crippen molar-refractivity contribution >= 4 is 17.4 Å². The standard InChI is InChI=1S/C15H22ClN3O/c1-20-10-11-4-5-19(9-11)15-14(16)6-12(8-18-15)7-17-13-2-3-13/h6,8,11,13,17H,2-5,7,9-10H2,1H3. The molecule has 1 N–H and O–H groups in total. The Hall–Kier alpha value is -0.840. The van der Waals surface area contributed by atoms with Crippen LogP contribution in [0.25, 0.3) is 0 Å². The van der Waals surface area contributed by atoms with Crippen molar-refractivity contribution in [1.82, 2.24) is 10.3 Å². The van der Waals surface area contributed by atoms with Crippen molar-refractivity contribution in [2.75, 3.05) is 31.7 Å². The molecular formula is C15H22ClN3O. The van der Waals surface area contributed by atoms with Gasteiger partial charge in [0.05, 0.1) is 11.6 Å². The van der Waals surface area contributed by atoms with Crippen LogP contribution in [0, 0.1) is 5.92 Å². The second-order valence-corrected chi connectivity index (χ2v) is 6.27. The minimum Gasteiger partial charge on any atom is -0.384 e. The first-order valence-corrected chi connectivity index (χ1v) is 7.75. The molecule has 2 fully saturated rings. The van der Waals surface area contributed by atoms with Gasteiger partial charge in [-0.3, -0.25) is 0 Å². The molecule has 1 saturated carbocycles. The fourth-order valence-corrected chi connectivity index (χ4v) is 3.05. The van der Waals surface area contributed by atoms with Crippen LogP contribution >= 0.6 is 11.6 Å². The van der Waals surface area contributed by atoms with Gasteiger partial charge < -0.3 is 15.0 Å². The maximum Gasteiger partial charge on any atom is 0.147 e. The minimum atomic E-state index is 0.592. The number of rotatable bonds is 6. The van der Waals surface area contributed by atoms with Gasteiger partial charge >= 0.3 is 0 Å². The van der Waals surface area contributed by atoms with Gasteiger partial charge in [0.15, 0.2) is 0 Å². The molecule has 0 aromatic carbocycles. The number of halogens is 1. The third-order valence-corrected chi connectivity index (χ3v) is 4.32. The van der Waals surface area contributed by atoms with Crippen molar-refractivity contribution < 1.29 is 4.74 Å². The fraction of sp³-hybridized carbons (Fsp3) is 0.667. The maximum absolute atomic E-state index is 6.40. The lowest BCUT2D eigenvalue weighted by Gasteiger charge is -2.19. The first-order valence-electron chi connectivity index (χ1n) is 7.38. The molecule has 5 heteroatoms. The summed E-state index contributed by atoms with van der Waals surface area (Å²) < 4.78 is 5.23. The van der Waals surface area contributed by atoms with Crippen LogP contribution < -0.4 is 10.2 Å². The molecule has 0 amide bonds. The van der Waals surface area contributed by atoms with E-state index in [1.807, 2.05) is 12.3 Å². The van der Waals surface area contributed by atoms with Crippen LogP contribution in [0.15, 0.2) is 12.3 Å². The zero-order valence-corrected chi connectivity index (χ0v) is 12.7. The molecule has 0 spiro atoms. The van der Waals surface area contributed by atoms with E-state index in [0.29, 0.717) is 12.0 Å². The molecule has 1 aliphatic heterocycles. The molecule has 1 aromatic rings. The summed E-state index contributed by atoms with van der Waals surface area (Å²) in [6, 6.07) is 2.75. The van der Waals surface area contributed by atoms with E-state index in [1.54, 1.807) is 7.11 Å². The number of anilines is 1. The highest BCUT2D eigenvalue weighted by Crippen LogP contribution is 2.29. The normalized spacial score (nSPS) is 22.5. The predicted molar refractivity (Wildman–Crippen MR) is 81.3 cm³/mol. The molecular weight excluding hydrogens is 274 g/mol. The Morgan fingerprint density at radius 1 is 1.45 bits per heavy atom. The van der Waals surface area contributed by atoms with Crippen LogP contribution in [-0.2, 0) is 11.3 Å². The van der Waals surface area contributed by atoms with E-state index in [9.17, 15) is 0 Å². The molecule has 20 heavy (non-hydrogen) atoms. The number of hydrogen-bond donors (Lipinski definition) is 1. The number of ether oxygens (including phenoxy) is 1. The van der Waals surface area contributed by atoms with E-state index in [1.165, 1.54) is 18.4 Å². The van der Waals surface area contributed by atoms with Gasteiger partial charge in [0, 0.05) is 44.9 Å². The van der Waals surface area contributed by atoms with Crippen molar-refractivity contribution in [2.45, 2.75) is 31.8 Å². The second-order valence-electron chi connectivity index (χ2n) is 5.86. The Morgan fingerprint density at radius 3 is 3.00 bits per heavy atom. The second kappa shape index (κ2) is 6.29. The quantitative estimate of drug-likeness (QED) is 0.875. The molecule has 2 heterocycles.